The Morgan fingerprint density at radius 2 is 1.57 bits per heavy atom. The van der Waals surface area contributed by atoms with Crippen LogP contribution in [0, 0.1) is 10.8 Å². The third kappa shape index (κ3) is 4.97. The van der Waals surface area contributed by atoms with Gasteiger partial charge in [0, 0.05) is 51.3 Å². The van der Waals surface area contributed by atoms with E-state index in [1.807, 2.05) is 52.8 Å². The molecular formula is C28H34BrNO5. The Morgan fingerprint density at radius 1 is 1.03 bits per heavy atom. The number of aliphatic carboxylic acids is 1. The molecule has 0 saturated heterocycles. The van der Waals surface area contributed by atoms with E-state index in [4.69, 9.17) is 4.74 Å². The van der Waals surface area contributed by atoms with Gasteiger partial charge in [0.2, 0.25) is 0 Å². The van der Waals surface area contributed by atoms with Crippen molar-refractivity contribution in [1.29, 1.82) is 0 Å². The van der Waals surface area contributed by atoms with Crippen molar-refractivity contribution in [1.82, 2.24) is 4.90 Å². The van der Waals surface area contributed by atoms with E-state index in [1.165, 1.54) is 0 Å². The van der Waals surface area contributed by atoms with Crippen molar-refractivity contribution in [3.8, 4) is 5.75 Å². The molecule has 188 valence electrons. The minimum Gasteiger partial charge on any atom is -0.493 e. The summed E-state index contributed by atoms with van der Waals surface area (Å²) in [6.45, 7) is 10.4. The number of hydrogen-bond acceptors (Lipinski definition) is 5. The molecule has 0 saturated carbocycles. The van der Waals surface area contributed by atoms with E-state index in [1.54, 1.807) is 4.90 Å². The highest BCUT2D eigenvalue weighted by Gasteiger charge is 2.49. The highest BCUT2D eigenvalue weighted by atomic mass is 79.9. The van der Waals surface area contributed by atoms with Crippen molar-refractivity contribution in [3.63, 3.8) is 0 Å². The van der Waals surface area contributed by atoms with Gasteiger partial charge in [0.25, 0.3) is 0 Å². The standard InChI is InChI=1S/C28H34BrNO5/c1-6-9-35-22-8-7-16(29)10-17(22)24-25-18(11-27(2,3)13-20(25)31)30(15-23(33)34)19-12-28(4,5)14-21(32)26(19)24/h7-8,10,24H,6,9,11-15H2,1-5H3,(H,33,34). The Hall–Kier alpha value is -2.41. The van der Waals surface area contributed by atoms with Crippen molar-refractivity contribution in [2.24, 2.45) is 10.8 Å². The fourth-order valence-corrected chi connectivity index (χ4v) is 6.15. The number of carboxylic acid groups (broad SMARTS) is 1. The number of carbonyl (C=O) groups excluding carboxylic acids is 2. The quantitative estimate of drug-likeness (QED) is 0.473. The number of benzene rings is 1. The average Bonchev–Trinajstić information content (AvgIpc) is 2.72. The minimum absolute atomic E-state index is 0.0257. The van der Waals surface area contributed by atoms with E-state index in [0.29, 0.717) is 49.2 Å². The number of carboxylic acids is 1. The van der Waals surface area contributed by atoms with E-state index in [9.17, 15) is 19.5 Å². The summed E-state index contributed by atoms with van der Waals surface area (Å²) in [5, 5.41) is 9.82. The van der Waals surface area contributed by atoms with Crippen molar-refractivity contribution >= 4 is 33.5 Å². The van der Waals surface area contributed by atoms with Gasteiger partial charge in [-0.1, -0.05) is 50.5 Å². The number of hydrogen-bond donors (Lipinski definition) is 1. The Balaban J connectivity index is 2.03. The molecule has 35 heavy (non-hydrogen) atoms. The second kappa shape index (κ2) is 9.23. The van der Waals surface area contributed by atoms with Crippen LogP contribution in [0.1, 0.15) is 78.2 Å². The van der Waals surface area contributed by atoms with Crippen LogP contribution >= 0.6 is 15.9 Å². The molecule has 1 aliphatic heterocycles. The predicted molar refractivity (Wildman–Crippen MR) is 137 cm³/mol. The number of ether oxygens (including phenoxy) is 1. The molecule has 0 bridgehead atoms. The highest BCUT2D eigenvalue weighted by molar-refractivity contribution is 9.10. The second-order valence-electron chi connectivity index (χ2n) is 11.5. The van der Waals surface area contributed by atoms with Crippen LogP contribution in [0.4, 0.5) is 0 Å². The molecule has 1 aromatic carbocycles. The number of nitrogens with zero attached hydrogens (tertiary/aromatic N) is 1. The van der Waals surface area contributed by atoms with Gasteiger partial charge >= 0.3 is 5.97 Å². The van der Waals surface area contributed by atoms with Gasteiger partial charge in [0.05, 0.1) is 6.61 Å². The molecule has 0 aromatic heterocycles. The Morgan fingerprint density at radius 3 is 2.06 bits per heavy atom. The molecule has 0 unspecified atom stereocenters. The molecule has 3 aliphatic rings. The molecule has 7 heteroatoms. The third-order valence-electron chi connectivity index (χ3n) is 7.06. The fourth-order valence-electron chi connectivity index (χ4n) is 5.77. The first-order valence-corrected chi connectivity index (χ1v) is 13.1. The number of ketones is 2. The van der Waals surface area contributed by atoms with Crippen LogP contribution in [0.5, 0.6) is 5.75 Å². The number of carbonyl (C=O) groups is 3. The molecule has 0 atom stereocenters. The fraction of sp³-hybridized carbons (Fsp3) is 0.536. The van der Waals surface area contributed by atoms with E-state index in [2.05, 4.69) is 15.9 Å². The average molecular weight is 544 g/mol. The molecule has 2 aliphatic carbocycles. The topological polar surface area (TPSA) is 83.9 Å². The van der Waals surface area contributed by atoms with E-state index >= 15 is 0 Å². The zero-order valence-corrected chi connectivity index (χ0v) is 22.8. The van der Waals surface area contributed by atoms with Crippen LogP contribution in [0.15, 0.2) is 45.2 Å². The lowest BCUT2D eigenvalue weighted by Crippen LogP contribution is -2.45. The Kier molecular flexibility index (Phi) is 6.77. The lowest BCUT2D eigenvalue weighted by molar-refractivity contribution is -0.138. The Bertz CT molecular complexity index is 1110. The molecule has 0 fully saturated rings. The molecule has 4 rings (SSSR count). The SMILES string of the molecule is CCCOc1ccc(Br)cc1C1C2=C(CC(C)(C)CC2=O)N(CC(=O)O)C2=C1C(=O)CC(C)(C)C2. The monoisotopic (exact) mass is 543 g/mol. The van der Waals surface area contributed by atoms with Crippen molar-refractivity contribution < 1.29 is 24.2 Å². The van der Waals surface area contributed by atoms with Crippen molar-refractivity contribution in [2.75, 3.05) is 13.2 Å². The van der Waals surface area contributed by atoms with Crippen molar-refractivity contribution in [3.05, 3.63) is 50.8 Å². The molecule has 1 aromatic rings. The summed E-state index contributed by atoms with van der Waals surface area (Å²) in [4.78, 5) is 41.3. The summed E-state index contributed by atoms with van der Waals surface area (Å²) in [7, 11) is 0. The summed E-state index contributed by atoms with van der Waals surface area (Å²) in [6.07, 6.45) is 2.68. The van der Waals surface area contributed by atoms with Crippen LogP contribution in [-0.4, -0.2) is 40.7 Å². The van der Waals surface area contributed by atoms with E-state index in [-0.39, 0.29) is 28.9 Å². The zero-order valence-electron chi connectivity index (χ0n) is 21.2. The van der Waals surface area contributed by atoms with Gasteiger partial charge in [0.1, 0.15) is 12.3 Å². The highest BCUT2D eigenvalue weighted by Crippen LogP contribution is 2.55. The molecular weight excluding hydrogens is 510 g/mol. The van der Waals surface area contributed by atoms with Crippen molar-refractivity contribution in [2.45, 2.75) is 72.6 Å². The van der Waals surface area contributed by atoms with Gasteiger partial charge in [-0.15, -0.1) is 0 Å². The molecule has 1 heterocycles. The first-order valence-electron chi connectivity index (χ1n) is 12.3. The van der Waals surface area contributed by atoms with Crippen LogP contribution in [0.25, 0.3) is 0 Å². The first kappa shape index (κ1) is 25.7. The summed E-state index contributed by atoms with van der Waals surface area (Å²) in [5.74, 6) is -0.949. The number of rotatable bonds is 6. The molecule has 1 N–H and O–H groups in total. The second-order valence-corrected chi connectivity index (χ2v) is 12.5. The molecule has 0 spiro atoms. The summed E-state index contributed by atoms with van der Waals surface area (Å²) < 4.78 is 6.94. The largest absolute Gasteiger partial charge is 0.493 e. The van der Waals surface area contributed by atoms with Gasteiger partial charge in [-0.05, 0) is 48.3 Å². The summed E-state index contributed by atoms with van der Waals surface area (Å²) >= 11 is 3.57. The van der Waals surface area contributed by atoms with E-state index in [0.717, 1.165) is 27.9 Å². The van der Waals surface area contributed by atoms with Crippen LogP contribution in [0.2, 0.25) is 0 Å². The molecule has 0 radical (unpaired) electrons. The van der Waals surface area contributed by atoms with Gasteiger partial charge < -0.3 is 14.7 Å². The van der Waals surface area contributed by atoms with Crippen LogP contribution in [-0.2, 0) is 14.4 Å². The predicted octanol–water partition coefficient (Wildman–Crippen LogP) is 6.01. The Labute approximate surface area is 215 Å². The van der Waals surface area contributed by atoms with Crippen LogP contribution < -0.4 is 4.74 Å². The van der Waals surface area contributed by atoms with Crippen LogP contribution in [0.3, 0.4) is 0 Å². The first-order chi connectivity index (χ1) is 16.3. The third-order valence-corrected chi connectivity index (χ3v) is 7.55. The van der Waals surface area contributed by atoms with Gasteiger partial charge in [-0.25, -0.2) is 0 Å². The van der Waals surface area contributed by atoms with E-state index < -0.39 is 11.9 Å². The molecule has 0 amide bonds. The smallest absolute Gasteiger partial charge is 0.323 e. The normalized spacial score (nSPS) is 21.7. The lowest BCUT2D eigenvalue weighted by Gasteiger charge is -2.48. The van der Waals surface area contributed by atoms with Gasteiger partial charge in [-0.2, -0.15) is 0 Å². The zero-order chi connectivity index (χ0) is 25.7. The molecule has 6 nitrogen and oxygen atoms in total. The lowest BCUT2D eigenvalue weighted by atomic mass is 9.63. The number of allylic oxidation sites excluding steroid dienone is 4. The maximum atomic E-state index is 13.8. The summed E-state index contributed by atoms with van der Waals surface area (Å²) in [6, 6.07) is 5.72. The number of halogens is 1. The van der Waals surface area contributed by atoms with Gasteiger partial charge in [-0.3, -0.25) is 14.4 Å². The number of Topliss-reactive ketones (excluding diaryl/α,β-unsaturated/α-hetero) is 2. The van der Waals surface area contributed by atoms with Gasteiger partial charge in [0.15, 0.2) is 11.6 Å². The maximum absolute atomic E-state index is 13.8. The minimum atomic E-state index is -0.983. The summed E-state index contributed by atoms with van der Waals surface area (Å²) in [5.41, 5.74) is 2.76. The maximum Gasteiger partial charge on any atom is 0.323 e.